The SMILES string of the molecule is CC(=O)Nc1cccc(Nc2cc(C(=O)Nc3ccc(F)cc3F)ccn2)c1. The lowest BCUT2D eigenvalue weighted by molar-refractivity contribution is -0.114. The number of anilines is 4. The first-order chi connectivity index (χ1) is 13.4. The summed E-state index contributed by atoms with van der Waals surface area (Å²) in [7, 11) is 0. The maximum Gasteiger partial charge on any atom is 0.255 e. The van der Waals surface area contributed by atoms with Crippen LogP contribution in [-0.2, 0) is 4.79 Å². The highest BCUT2D eigenvalue weighted by Crippen LogP contribution is 2.21. The molecular formula is C20H16F2N4O2. The molecule has 3 rings (SSSR count). The van der Waals surface area contributed by atoms with Gasteiger partial charge in [-0.25, -0.2) is 13.8 Å². The zero-order valence-electron chi connectivity index (χ0n) is 14.8. The van der Waals surface area contributed by atoms with Crippen molar-refractivity contribution in [1.29, 1.82) is 0 Å². The number of hydrogen-bond donors (Lipinski definition) is 3. The molecule has 0 aliphatic heterocycles. The lowest BCUT2D eigenvalue weighted by Gasteiger charge is -2.10. The number of rotatable bonds is 5. The molecule has 3 aromatic rings. The van der Waals surface area contributed by atoms with E-state index < -0.39 is 17.5 Å². The Morgan fingerprint density at radius 3 is 2.46 bits per heavy atom. The number of halogens is 2. The molecule has 0 radical (unpaired) electrons. The van der Waals surface area contributed by atoms with Gasteiger partial charge in [-0.3, -0.25) is 9.59 Å². The fraction of sp³-hybridized carbons (Fsp3) is 0.0500. The highest BCUT2D eigenvalue weighted by molar-refractivity contribution is 6.04. The molecule has 0 unspecified atom stereocenters. The number of amides is 2. The van der Waals surface area contributed by atoms with Gasteiger partial charge in [0.05, 0.1) is 5.69 Å². The lowest BCUT2D eigenvalue weighted by Crippen LogP contribution is -2.13. The van der Waals surface area contributed by atoms with Crippen molar-refractivity contribution in [3.63, 3.8) is 0 Å². The molecule has 2 aromatic carbocycles. The molecule has 142 valence electrons. The van der Waals surface area contributed by atoms with Crippen LogP contribution in [0.5, 0.6) is 0 Å². The second-order valence-electron chi connectivity index (χ2n) is 5.90. The van der Waals surface area contributed by atoms with Crippen LogP contribution in [0.25, 0.3) is 0 Å². The molecule has 0 fully saturated rings. The molecule has 1 heterocycles. The third kappa shape index (κ3) is 4.88. The normalized spacial score (nSPS) is 10.2. The van der Waals surface area contributed by atoms with Crippen molar-refractivity contribution in [2.24, 2.45) is 0 Å². The van der Waals surface area contributed by atoms with E-state index in [1.807, 2.05) is 0 Å². The van der Waals surface area contributed by atoms with Crippen LogP contribution in [0, 0.1) is 11.6 Å². The van der Waals surface area contributed by atoms with Crippen molar-refractivity contribution in [3.05, 3.63) is 78.0 Å². The second kappa shape index (κ2) is 8.26. The van der Waals surface area contributed by atoms with Gasteiger partial charge in [-0.15, -0.1) is 0 Å². The summed E-state index contributed by atoms with van der Waals surface area (Å²) in [5.41, 5.74) is 1.37. The van der Waals surface area contributed by atoms with Gasteiger partial charge in [-0.1, -0.05) is 6.07 Å². The van der Waals surface area contributed by atoms with Crippen LogP contribution < -0.4 is 16.0 Å². The van der Waals surface area contributed by atoms with Crippen molar-refractivity contribution < 1.29 is 18.4 Å². The summed E-state index contributed by atoms with van der Waals surface area (Å²) in [6.07, 6.45) is 1.43. The van der Waals surface area contributed by atoms with Crippen LogP contribution in [0.1, 0.15) is 17.3 Å². The number of hydrogen-bond acceptors (Lipinski definition) is 4. The van der Waals surface area contributed by atoms with E-state index in [-0.39, 0.29) is 17.2 Å². The summed E-state index contributed by atoms with van der Waals surface area (Å²) in [4.78, 5) is 27.7. The van der Waals surface area contributed by atoms with Gasteiger partial charge in [-0.05, 0) is 42.5 Å². The monoisotopic (exact) mass is 382 g/mol. The lowest BCUT2D eigenvalue weighted by atomic mass is 10.2. The van der Waals surface area contributed by atoms with E-state index in [9.17, 15) is 18.4 Å². The summed E-state index contributed by atoms with van der Waals surface area (Å²) >= 11 is 0. The van der Waals surface area contributed by atoms with Crippen LogP contribution in [0.2, 0.25) is 0 Å². The van der Waals surface area contributed by atoms with Gasteiger partial charge in [0, 0.05) is 36.1 Å². The van der Waals surface area contributed by atoms with Gasteiger partial charge in [0.15, 0.2) is 0 Å². The highest BCUT2D eigenvalue weighted by atomic mass is 19.1. The summed E-state index contributed by atoms with van der Waals surface area (Å²) < 4.78 is 26.7. The molecule has 0 atom stereocenters. The van der Waals surface area contributed by atoms with Crippen molar-refractivity contribution in [2.75, 3.05) is 16.0 Å². The number of aromatic nitrogens is 1. The Kier molecular flexibility index (Phi) is 5.59. The van der Waals surface area contributed by atoms with Gasteiger partial charge >= 0.3 is 0 Å². The quantitative estimate of drug-likeness (QED) is 0.614. The molecule has 3 N–H and O–H groups in total. The third-order valence-corrected chi connectivity index (χ3v) is 3.66. The first-order valence-corrected chi connectivity index (χ1v) is 8.28. The van der Waals surface area contributed by atoms with Crippen molar-refractivity contribution in [2.45, 2.75) is 6.92 Å². The molecule has 8 heteroatoms. The molecule has 28 heavy (non-hydrogen) atoms. The molecule has 1 aromatic heterocycles. The van der Waals surface area contributed by atoms with Crippen LogP contribution >= 0.6 is 0 Å². The topological polar surface area (TPSA) is 83.1 Å². The Morgan fingerprint density at radius 2 is 1.71 bits per heavy atom. The highest BCUT2D eigenvalue weighted by Gasteiger charge is 2.11. The van der Waals surface area contributed by atoms with Gasteiger partial charge in [0.2, 0.25) is 5.91 Å². The Balaban J connectivity index is 1.75. The minimum atomic E-state index is -0.865. The number of carbonyl (C=O) groups excluding carboxylic acids is 2. The minimum absolute atomic E-state index is 0.124. The number of nitrogens with zero attached hydrogens (tertiary/aromatic N) is 1. The zero-order valence-corrected chi connectivity index (χ0v) is 14.8. The summed E-state index contributed by atoms with van der Waals surface area (Å²) in [6.45, 7) is 1.41. The molecule has 0 saturated carbocycles. The summed E-state index contributed by atoms with van der Waals surface area (Å²) in [5, 5.41) is 8.09. The molecule has 0 bridgehead atoms. The van der Waals surface area contributed by atoms with Crippen LogP contribution in [-0.4, -0.2) is 16.8 Å². The van der Waals surface area contributed by atoms with E-state index in [1.165, 1.54) is 25.3 Å². The molecule has 0 aliphatic carbocycles. The molecule has 2 amide bonds. The maximum absolute atomic E-state index is 13.7. The van der Waals surface area contributed by atoms with Crippen LogP contribution in [0.4, 0.5) is 31.7 Å². The molecule has 6 nitrogen and oxygen atoms in total. The Hall–Kier alpha value is -3.81. The van der Waals surface area contributed by atoms with E-state index in [0.29, 0.717) is 23.3 Å². The van der Waals surface area contributed by atoms with Crippen LogP contribution in [0.15, 0.2) is 60.8 Å². The van der Waals surface area contributed by atoms with Crippen LogP contribution in [0.3, 0.4) is 0 Å². The maximum atomic E-state index is 13.7. The summed E-state index contributed by atoms with van der Waals surface area (Å²) in [5.74, 6) is -1.97. The van der Waals surface area contributed by atoms with E-state index >= 15 is 0 Å². The fourth-order valence-corrected chi connectivity index (χ4v) is 2.45. The number of pyridine rings is 1. The van der Waals surface area contributed by atoms with E-state index in [2.05, 4.69) is 20.9 Å². The summed E-state index contributed by atoms with van der Waals surface area (Å²) in [6, 6.07) is 12.8. The smallest absolute Gasteiger partial charge is 0.255 e. The van der Waals surface area contributed by atoms with Gasteiger partial charge in [0.25, 0.3) is 5.91 Å². The molecule has 0 saturated heterocycles. The van der Waals surface area contributed by atoms with E-state index in [0.717, 1.165) is 12.1 Å². The number of carbonyl (C=O) groups is 2. The molecular weight excluding hydrogens is 366 g/mol. The average molecular weight is 382 g/mol. The largest absolute Gasteiger partial charge is 0.340 e. The Bertz CT molecular complexity index is 1040. The van der Waals surface area contributed by atoms with Crippen molar-refractivity contribution in [3.8, 4) is 0 Å². The van der Waals surface area contributed by atoms with Crippen molar-refractivity contribution in [1.82, 2.24) is 4.98 Å². The van der Waals surface area contributed by atoms with E-state index in [1.54, 1.807) is 24.3 Å². The molecule has 0 spiro atoms. The Labute approximate surface area is 159 Å². The van der Waals surface area contributed by atoms with Crippen molar-refractivity contribution >= 4 is 34.7 Å². The standard InChI is InChI=1S/C20H16F2N4O2/c1-12(27)24-15-3-2-4-16(11-15)25-19-9-13(7-8-23-19)20(28)26-18-6-5-14(21)10-17(18)22/h2-11H,1H3,(H,23,25)(H,24,27)(H,26,28). The van der Waals surface area contributed by atoms with Gasteiger partial charge < -0.3 is 16.0 Å². The number of nitrogens with one attached hydrogen (secondary N) is 3. The van der Waals surface area contributed by atoms with Gasteiger partial charge in [0.1, 0.15) is 17.5 Å². The predicted molar refractivity (Wildman–Crippen MR) is 103 cm³/mol. The number of benzene rings is 2. The predicted octanol–water partition coefficient (Wildman–Crippen LogP) is 4.31. The fourth-order valence-electron chi connectivity index (χ4n) is 2.45. The zero-order chi connectivity index (χ0) is 20.1. The second-order valence-corrected chi connectivity index (χ2v) is 5.90. The third-order valence-electron chi connectivity index (χ3n) is 3.66. The minimum Gasteiger partial charge on any atom is -0.340 e. The first-order valence-electron chi connectivity index (χ1n) is 8.28. The van der Waals surface area contributed by atoms with Gasteiger partial charge in [-0.2, -0.15) is 0 Å². The van der Waals surface area contributed by atoms with E-state index in [4.69, 9.17) is 0 Å². The Morgan fingerprint density at radius 1 is 0.929 bits per heavy atom. The first kappa shape index (κ1) is 19.0. The molecule has 0 aliphatic rings. The average Bonchev–Trinajstić information content (AvgIpc) is 2.64.